The highest BCUT2D eigenvalue weighted by Crippen LogP contribution is 2.27. The van der Waals surface area contributed by atoms with Gasteiger partial charge >= 0.3 is 6.03 Å². The van der Waals surface area contributed by atoms with Crippen LogP contribution in [-0.2, 0) is 21.2 Å². The van der Waals surface area contributed by atoms with E-state index < -0.39 is 16.1 Å². The lowest BCUT2D eigenvalue weighted by Gasteiger charge is -2.20. The summed E-state index contributed by atoms with van der Waals surface area (Å²) in [6, 6.07) is 5.64. The van der Waals surface area contributed by atoms with E-state index in [-0.39, 0.29) is 10.8 Å². The Labute approximate surface area is 180 Å². The first kappa shape index (κ1) is 24.2. The Morgan fingerprint density at radius 1 is 1.00 bits per heavy atom. The van der Waals surface area contributed by atoms with E-state index in [0.29, 0.717) is 31.8 Å². The van der Waals surface area contributed by atoms with Crippen LogP contribution in [0.25, 0.3) is 0 Å². The zero-order chi connectivity index (χ0) is 21.8. The Hall–Kier alpha value is -2.09. The van der Waals surface area contributed by atoms with E-state index in [1.165, 1.54) is 44.2 Å². The third-order valence-electron chi connectivity index (χ3n) is 5.52. The molecule has 30 heavy (non-hydrogen) atoms. The minimum atomic E-state index is -3.90. The van der Waals surface area contributed by atoms with Crippen LogP contribution in [0.5, 0.6) is 0 Å². The molecule has 0 saturated heterocycles. The van der Waals surface area contributed by atoms with Gasteiger partial charge in [0.15, 0.2) is 0 Å². The number of hydrogen-bond acceptors (Lipinski definition) is 4. The second-order valence-electron chi connectivity index (χ2n) is 8.00. The van der Waals surface area contributed by atoms with Gasteiger partial charge in [-0.25, -0.2) is 17.9 Å². The van der Waals surface area contributed by atoms with E-state index in [4.69, 9.17) is 0 Å². The Morgan fingerprint density at radius 2 is 1.70 bits per heavy atom. The van der Waals surface area contributed by atoms with Crippen molar-refractivity contribution in [1.82, 2.24) is 15.4 Å². The van der Waals surface area contributed by atoms with E-state index in [2.05, 4.69) is 10.6 Å². The molecule has 1 aliphatic rings. The number of sulfonamides is 1. The van der Waals surface area contributed by atoms with Gasteiger partial charge in [0.1, 0.15) is 0 Å². The second-order valence-corrected chi connectivity index (χ2v) is 9.68. The molecule has 0 aromatic heterocycles. The Balaban J connectivity index is 1.71. The molecule has 3 amide bonds. The highest BCUT2D eigenvalue weighted by molar-refractivity contribution is 7.90. The highest BCUT2D eigenvalue weighted by Gasteiger charge is 2.17. The number of rotatable bonds is 11. The number of hydrogen-bond donors (Lipinski definition) is 3. The number of carbonyl (C=O) groups excluding carboxylic acids is 2. The van der Waals surface area contributed by atoms with Crippen LogP contribution in [-0.4, -0.2) is 33.4 Å². The summed E-state index contributed by atoms with van der Waals surface area (Å²) >= 11 is 0. The van der Waals surface area contributed by atoms with Gasteiger partial charge in [0.25, 0.3) is 10.0 Å². The summed E-state index contributed by atoms with van der Waals surface area (Å²) in [5.74, 6) is 0.777. The topological polar surface area (TPSA) is 104 Å². The molecule has 1 aliphatic carbocycles. The number of amides is 3. The lowest BCUT2D eigenvalue weighted by atomic mass is 9.86. The minimum absolute atomic E-state index is 0.0356. The van der Waals surface area contributed by atoms with Gasteiger partial charge in [-0.2, -0.15) is 0 Å². The maximum atomic E-state index is 12.3. The summed E-state index contributed by atoms with van der Waals surface area (Å²) in [5, 5.41) is 5.46. The maximum absolute atomic E-state index is 12.3. The predicted octanol–water partition coefficient (Wildman–Crippen LogP) is 3.49. The van der Waals surface area contributed by atoms with Gasteiger partial charge in [-0.1, -0.05) is 57.6 Å². The van der Waals surface area contributed by atoms with Crippen molar-refractivity contribution >= 4 is 22.0 Å². The fraction of sp³-hybridized carbons (Fsp3) is 0.636. The molecular weight excluding hydrogens is 402 g/mol. The first-order valence-corrected chi connectivity index (χ1v) is 12.6. The minimum Gasteiger partial charge on any atom is -0.356 e. The zero-order valence-corrected chi connectivity index (χ0v) is 18.7. The number of benzene rings is 1. The first-order valence-electron chi connectivity index (χ1n) is 11.1. The average molecular weight is 438 g/mol. The van der Waals surface area contributed by atoms with Gasteiger partial charge in [-0.3, -0.25) is 4.79 Å². The zero-order valence-electron chi connectivity index (χ0n) is 17.9. The molecule has 7 nitrogen and oxygen atoms in total. The summed E-state index contributed by atoms with van der Waals surface area (Å²) in [6.45, 7) is 2.94. The van der Waals surface area contributed by atoms with Crippen molar-refractivity contribution in [2.75, 3.05) is 13.1 Å². The average Bonchev–Trinajstić information content (AvgIpc) is 2.73. The SMILES string of the molecule is CCCCNC(=O)NS(=O)(=O)c1ccc(CCNC(=O)CCC2CCCCC2)cc1. The van der Waals surface area contributed by atoms with Gasteiger partial charge in [0, 0.05) is 19.5 Å². The van der Waals surface area contributed by atoms with Crippen molar-refractivity contribution in [2.24, 2.45) is 5.92 Å². The monoisotopic (exact) mass is 437 g/mol. The third-order valence-corrected chi connectivity index (χ3v) is 6.86. The number of urea groups is 1. The highest BCUT2D eigenvalue weighted by atomic mass is 32.2. The van der Waals surface area contributed by atoms with Crippen LogP contribution in [0.1, 0.15) is 70.3 Å². The fourth-order valence-corrected chi connectivity index (χ4v) is 4.61. The van der Waals surface area contributed by atoms with E-state index in [1.54, 1.807) is 12.1 Å². The summed E-state index contributed by atoms with van der Waals surface area (Å²) in [6.07, 6.45) is 10.3. The maximum Gasteiger partial charge on any atom is 0.328 e. The Kier molecular flexibility index (Phi) is 10.1. The number of unbranched alkanes of at least 4 members (excludes halogenated alkanes) is 1. The van der Waals surface area contributed by atoms with Crippen LogP contribution in [0.2, 0.25) is 0 Å². The van der Waals surface area contributed by atoms with Crippen molar-refractivity contribution in [3.63, 3.8) is 0 Å². The lowest BCUT2D eigenvalue weighted by molar-refractivity contribution is -0.121. The van der Waals surface area contributed by atoms with E-state index in [1.807, 2.05) is 11.6 Å². The van der Waals surface area contributed by atoms with Gasteiger partial charge in [-0.15, -0.1) is 0 Å². The van der Waals surface area contributed by atoms with E-state index >= 15 is 0 Å². The molecule has 168 valence electrons. The molecule has 0 aliphatic heterocycles. The van der Waals surface area contributed by atoms with Crippen LogP contribution in [0.4, 0.5) is 4.79 Å². The van der Waals surface area contributed by atoms with Crippen LogP contribution >= 0.6 is 0 Å². The molecule has 1 aromatic rings. The van der Waals surface area contributed by atoms with E-state index in [9.17, 15) is 18.0 Å². The fourth-order valence-electron chi connectivity index (χ4n) is 3.68. The predicted molar refractivity (Wildman–Crippen MR) is 118 cm³/mol. The molecule has 3 N–H and O–H groups in total. The lowest BCUT2D eigenvalue weighted by Crippen LogP contribution is -2.39. The molecule has 1 aromatic carbocycles. The molecule has 8 heteroatoms. The van der Waals surface area contributed by atoms with Crippen molar-refractivity contribution in [3.05, 3.63) is 29.8 Å². The van der Waals surface area contributed by atoms with Gasteiger partial charge in [0.05, 0.1) is 4.90 Å². The summed E-state index contributed by atoms with van der Waals surface area (Å²) in [7, 11) is -3.90. The first-order chi connectivity index (χ1) is 14.4. The standard InChI is InChI=1S/C22H35N3O4S/c1-2-3-16-24-22(27)25-30(28,29)20-12-9-19(10-13-20)15-17-23-21(26)14-11-18-7-5-4-6-8-18/h9-10,12-13,18H,2-8,11,14-17H2,1H3,(H,23,26)(H2,24,25,27). The molecule has 2 rings (SSSR count). The van der Waals surface area contributed by atoms with Crippen LogP contribution < -0.4 is 15.4 Å². The van der Waals surface area contributed by atoms with Crippen molar-refractivity contribution in [1.29, 1.82) is 0 Å². The quantitative estimate of drug-likeness (QED) is 0.461. The van der Waals surface area contributed by atoms with Crippen LogP contribution in [0.15, 0.2) is 29.2 Å². The van der Waals surface area contributed by atoms with Crippen LogP contribution in [0.3, 0.4) is 0 Å². The largest absolute Gasteiger partial charge is 0.356 e. The smallest absolute Gasteiger partial charge is 0.328 e. The normalized spacial score (nSPS) is 14.8. The molecule has 0 atom stereocenters. The van der Waals surface area contributed by atoms with Crippen LogP contribution in [0, 0.1) is 5.92 Å². The Morgan fingerprint density at radius 3 is 2.37 bits per heavy atom. The van der Waals surface area contributed by atoms with Crippen molar-refractivity contribution in [3.8, 4) is 0 Å². The third kappa shape index (κ3) is 8.73. The summed E-state index contributed by atoms with van der Waals surface area (Å²) < 4.78 is 26.5. The molecule has 0 spiro atoms. The van der Waals surface area contributed by atoms with Gasteiger partial charge < -0.3 is 10.6 Å². The number of nitrogens with one attached hydrogen (secondary N) is 3. The molecule has 0 unspecified atom stereocenters. The molecule has 1 fully saturated rings. The van der Waals surface area contributed by atoms with Gasteiger partial charge in [0.2, 0.25) is 5.91 Å². The molecule has 0 bridgehead atoms. The van der Waals surface area contributed by atoms with Crippen molar-refractivity contribution in [2.45, 2.75) is 76.0 Å². The number of carbonyl (C=O) groups is 2. The molecular formula is C22H35N3O4S. The van der Waals surface area contributed by atoms with Crippen molar-refractivity contribution < 1.29 is 18.0 Å². The molecule has 1 saturated carbocycles. The summed E-state index contributed by atoms with van der Waals surface area (Å²) in [4.78, 5) is 23.7. The second kappa shape index (κ2) is 12.6. The Bertz CT molecular complexity index is 772. The van der Waals surface area contributed by atoms with Gasteiger partial charge in [-0.05, 0) is 42.9 Å². The molecule has 0 radical (unpaired) electrons. The molecule has 0 heterocycles. The summed E-state index contributed by atoms with van der Waals surface area (Å²) in [5.41, 5.74) is 0.925. The van der Waals surface area contributed by atoms with E-state index in [0.717, 1.165) is 24.8 Å².